The van der Waals surface area contributed by atoms with Crippen molar-refractivity contribution in [3.8, 4) is 0 Å². The fourth-order valence-electron chi connectivity index (χ4n) is 3.40. The van der Waals surface area contributed by atoms with Gasteiger partial charge in [-0.1, -0.05) is 127 Å². The van der Waals surface area contributed by atoms with Crippen LogP contribution in [0.4, 0.5) is 0 Å². The zero-order valence-corrected chi connectivity index (χ0v) is 17.4. The lowest BCUT2D eigenvalue weighted by molar-refractivity contribution is 0.536. The standard InChI is InChI=1S/C25H43N/c1-2-3-4-5-6-7-8-9-10-11-12-13-14-15-16-20-23-26-24-25-21-18-17-19-22-25/h17-23,26H,2-16,24H2,1H3. The zero-order chi connectivity index (χ0) is 18.5. The summed E-state index contributed by atoms with van der Waals surface area (Å²) in [7, 11) is 0. The van der Waals surface area contributed by atoms with Gasteiger partial charge in [0.1, 0.15) is 0 Å². The minimum atomic E-state index is 0.927. The smallest absolute Gasteiger partial charge is 0.0395 e. The summed E-state index contributed by atoms with van der Waals surface area (Å²) < 4.78 is 0. The monoisotopic (exact) mass is 357 g/mol. The highest BCUT2D eigenvalue weighted by molar-refractivity contribution is 5.14. The summed E-state index contributed by atoms with van der Waals surface area (Å²) in [5.41, 5.74) is 1.34. The van der Waals surface area contributed by atoms with Gasteiger partial charge >= 0.3 is 0 Å². The van der Waals surface area contributed by atoms with Crippen molar-refractivity contribution in [1.82, 2.24) is 5.32 Å². The quantitative estimate of drug-likeness (QED) is 0.261. The molecule has 1 N–H and O–H groups in total. The molecule has 1 rings (SSSR count). The Labute approximate surface area is 163 Å². The molecule has 1 nitrogen and oxygen atoms in total. The van der Waals surface area contributed by atoms with Crippen molar-refractivity contribution in [2.24, 2.45) is 0 Å². The third-order valence-electron chi connectivity index (χ3n) is 5.11. The second-order valence-corrected chi connectivity index (χ2v) is 7.65. The number of benzene rings is 1. The Kier molecular flexibility index (Phi) is 16.3. The van der Waals surface area contributed by atoms with E-state index in [1.165, 1.54) is 102 Å². The molecule has 148 valence electrons. The van der Waals surface area contributed by atoms with Gasteiger partial charge in [0.25, 0.3) is 0 Å². The Morgan fingerprint density at radius 3 is 1.69 bits per heavy atom. The number of hydrogen-bond donors (Lipinski definition) is 1. The van der Waals surface area contributed by atoms with E-state index in [-0.39, 0.29) is 0 Å². The summed E-state index contributed by atoms with van der Waals surface area (Å²) in [5.74, 6) is 0. The molecule has 0 bridgehead atoms. The van der Waals surface area contributed by atoms with Crippen LogP contribution in [0, 0.1) is 0 Å². The molecular formula is C25H43N. The molecule has 0 saturated heterocycles. The largest absolute Gasteiger partial charge is 0.387 e. The number of hydrogen-bond acceptors (Lipinski definition) is 1. The van der Waals surface area contributed by atoms with Gasteiger partial charge in [0.2, 0.25) is 0 Å². The molecule has 0 aliphatic carbocycles. The highest BCUT2D eigenvalue weighted by Crippen LogP contribution is 2.13. The molecule has 1 heteroatoms. The molecule has 0 saturated carbocycles. The van der Waals surface area contributed by atoms with E-state index in [2.05, 4.69) is 54.8 Å². The first-order chi connectivity index (χ1) is 12.9. The molecule has 0 amide bonds. The first-order valence-electron chi connectivity index (χ1n) is 11.4. The average Bonchev–Trinajstić information content (AvgIpc) is 2.68. The lowest BCUT2D eigenvalue weighted by Crippen LogP contribution is -2.03. The van der Waals surface area contributed by atoms with Gasteiger partial charge in [-0.15, -0.1) is 0 Å². The van der Waals surface area contributed by atoms with E-state index in [0.717, 1.165) is 6.54 Å². The number of nitrogens with one attached hydrogen (secondary N) is 1. The summed E-state index contributed by atoms with van der Waals surface area (Å²) in [6.07, 6.45) is 25.7. The fraction of sp³-hybridized carbons (Fsp3) is 0.680. The number of unbranched alkanes of at least 4 members (excludes halogenated alkanes) is 14. The van der Waals surface area contributed by atoms with Crippen molar-refractivity contribution >= 4 is 0 Å². The van der Waals surface area contributed by atoms with Crippen LogP contribution < -0.4 is 5.32 Å². The van der Waals surface area contributed by atoms with E-state index < -0.39 is 0 Å². The van der Waals surface area contributed by atoms with Crippen LogP contribution in [0.3, 0.4) is 0 Å². The van der Waals surface area contributed by atoms with Crippen LogP contribution in [0.25, 0.3) is 0 Å². The maximum atomic E-state index is 3.37. The van der Waals surface area contributed by atoms with Crippen molar-refractivity contribution in [3.63, 3.8) is 0 Å². The Balaban J connectivity index is 1.73. The molecule has 0 heterocycles. The van der Waals surface area contributed by atoms with E-state index >= 15 is 0 Å². The normalized spacial score (nSPS) is 11.3. The lowest BCUT2D eigenvalue weighted by Gasteiger charge is -2.03. The molecule has 0 spiro atoms. The van der Waals surface area contributed by atoms with Crippen molar-refractivity contribution in [2.75, 3.05) is 0 Å². The summed E-state index contributed by atoms with van der Waals surface area (Å²) >= 11 is 0. The summed E-state index contributed by atoms with van der Waals surface area (Å²) in [6, 6.07) is 10.6. The van der Waals surface area contributed by atoms with Gasteiger partial charge in [0.15, 0.2) is 0 Å². The molecule has 0 atom stereocenters. The first-order valence-corrected chi connectivity index (χ1v) is 11.4. The van der Waals surface area contributed by atoms with Crippen LogP contribution in [0.5, 0.6) is 0 Å². The highest BCUT2D eigenvalue weighted by Gasteiger charge is 1.93. The van der Waals surface area contributed by atoms with E-state index in [1.54, 1.807) is 0 Å². The van der Waals surface area contributed by atoms with Crippen molar-refractivity contribution in [2.45, 2.75) is 110 Å². The Morgan fingerprint density at radius 2 is 1.15 bits per heavy atom. The third kappa shape index (κ3) is 15.0. The molecule has 1 aromatic rings. The lowest BCUT2D eigenvalue weighted by atomic mass is 10.0. The van der Waals surface area contributed by atoms with Crippen LogP contribution in [-0.2, 0) is 6.54 Å². The second-order valence-electron chi connectivity index (χ2n) is 7.65. The molecule has 26 heavy (non-hydrogen) atoms. The molecular weight excluding hydrogens is 314 g/mol. The Bertz CT molecular complexity index is 409. The first kappa shape index (κ1) is 22.8. The van der Waals surface area contributed by atoms with E-state index in [0.29, 0.717) is 0 Å². The van der Waals surface area contributed by atoms with Crippen molar-refractivity contribution in [3.05, 3.63) is 48.2 Å². The third-order valence-corrected chi connectivity index (χ3v) is 5.11. The predicted octanol–water partition coefficient (Wildman–Crippen LogP) is 8.16. The summed E-state index contributed by atoms with van der Waals surface area (Å²) in [6.45, 7) is 3.22. The number of allylic oxidation sites excluding steroid dienone is 1. The maximum absolute atomic E-state index is 3.37. The topological polar surface area (TPSA) is 12.0 Å². The van der Waals surface area contributed by atoms with Crippen LogP contribution >= 0.6 is 0 Å². The van der Waals surface area contributed by atoms with Crippen LogP contribution in [0.2, 0.25) is 0 Å². The van der Waals surface area contributed by atoms with Crippen LogP contribution in [0.15, 0.2) is 42.6 Å². The van der Waals surface area contributed by atoms with Crippen molar-refractivity contribution in [1.29, 1.82) is 0 Å². The van der Waals surface area contributed by atoms with Gasteiger partial charge in [0.05, 0.1) is 0 Å². The van der Waals surface area contributed by atoms with E-state index in [4.69, 9.17) is 0 Å². The van der Waals surface area contributed by atoms with Crippen molar-refractivity contribution < 1.29 is 0 Å². The summed E-state index contributed by atoms with van der Waals surface area (Å²) in [5, 5.41) is 3.37. The maximum Gasteiger partial charge on any atom is 0.0395 e. The number of rotatable bonds is 18. The average molecular weight is 358 g/mol. The SMILES string of the molecule is CCCCCCCCCCCCCCCCC=CNCc1ccccc1. The van der Waals surface area contributed by atoms with Gasteiger partial charge in [-0.25, -0.2) is 0 Å². The molecule has 0 radical (unpaired) electrons. The Hall–Kier alpha value is -1.24. The molecule has 0 aliphatic rings. The predicted molar refractivity (Wildman–Crippen MR) is 117 cm³/mol. The molecule has 1 aromatic carbocycles. The second kappa shape index (κ2) is 18.5. The molecule has 0 aromatic heterocycles. The van der Waals surface area contributed by atoms with Gasteiger partial charge in [-0.05, 0) is 24.6 Å². The highest BCUT2D eigenvalue weighted by atomic mass is 14.8. The van der Waals surface area contributed by atoms with E-state index in [1.807, 2.05) is 0 Å². The van der Waals surface area contributed by atoms with Gasteiger partial charge in [0, 0.05) is 6.54 Å². The summed E-state index contributed by atoms with van der Waals surface area (Å²) in [4.78, 5) is 0. The van der Waals surface area contributed by atoms with Gasteiger partial charge < -0.3 is 5.32 Å². The van der Waals surface area contributed by atoms with Crippen LogP contribution in [0.1, 0.15) is 109 Å². The van der Waals surface area contributed by atoms with Gasteiger partial charge in [-0.2, -0.15) is 0 Å². The zero-order valence-electron chi connectivity index (χ0n) is 17.4. The molecule has 0 aliphatic heterocycles. The minimum absolute atomic E-state index is 0.927. The van der Waals surface area contributed by atoms with E-state index in [9.17, 15) is 0 Å². The fourth-order valence-corrected chi connectivity index (χ4v) is 3.40. The minimum Gasteiger partial charge on any atom is -0.387 e. The van der Waals surface area contributed by atoms with Gasteiger partial charge in [-0.3, -0.25) is 0 Å². The molecule has 0 fully saturated rings. The molecule has 0 unspecified atom stereocenters. The Morgan fingerprint density at radius 1 is 0.654 bits per heavy atom. The van der Waals surface area contributed by atoms with Crippen LogP contribution in [-0.4, -0.2) is 0 Å².